The number of esters is 1. The number of phenolic OH excluding ortho intramolecular Hbond substituents is 1. The van der Waals surface area contributed by atoms with Crippen LogP contribution in [0.1, 0.15) is 23.0 Å². The summed E-state index contributed by atoms with van der Waals surface area (Å²) in [5.41, 5.74) is 0.721. The lowest BCUT2D eigenvalue weighted by molar-refractivity contribution is 0.0526. The number of furan rings is 1. The highest BCUT2D eigenvalue weighted by Gasteiger charge is 2.13. The van der Waals surface area contributed by atoms with Gasteiger partial charge < -0.3 is 14.3 Å². The molecule has 0 atom stereocenters. The second-order valence-electron chi connectivity index (χ2n) is 3.49. The molecule has 0 saturated carbocycles. The Morgan fingerprint density at radius 2 is 2.19 bits per heavy atom. The molecule has 0 aliphatic heterocycles. The van der Waals surface area contributed by atoms with Crippen molar-refractivity contribution >= 4 is 16.9 Å². The molecule has 0 aliphatic carbocycles. The minimum Gasteiger partial charge on any atom is -0.504 e. The minimum atomic E-state index is -0.446. The lowest BCUT2D eigenvalue weighted by Crippen LogP contribution is -2.04. The molecule has 16 heavy (non-hydrogen) atoms. The fourth-order valence-electron chi connectivity index (χ4n) is 1.60. The molecule has 0 saturated heterocycles. The fraction of sp³-hybridized carbons (Fsp3) is 0.250. The van der Waals surface area contributed by atoms with E-state index in [4.69, 9.17) is 9.15 Å². The first-order valence-electron chi connectivity index (χ1n) is 5.02. The molecule has 0 unspecified atom stereocenters. The summed E-state index contributed by atoms with van der Waals surface area (Å²) in [6.45, 7) is 3.82. The maximum absolute atomic E-state index is 11.5. The molecule has 1 N–H and O–H groups in total. The smallest absolute Gasteiger partial charge is 0.338 e. The zero-order chi connectivity index (χ0) is 11.7. The van der Waals surface area contributed by atoms with Gasteiger partial charge >= 0.3 is 5.97 Å². The van der Waals surface area contributed by atoms with Crippen molar-refractivity contribution in [3.8, 4) is 5.75 Å². The third kappa shape index (κ3) is 1.74. The molecule has 4 heteroatoms. The van der Waals surface area contributed by atoms with Gasteiger partial charge in [-0.15, -0.1) is 0 Å². The van der Waals surface area contributed by atoms with Crippen LogP contribution in [-0.2, 0) is 4.74 Å². The van der Waals surface area contributed by atoms with Crippen molar-refractivity contribution in [2.75, 3.05) is 6.61 Å². The number of fused-ring (bicyclic) bond motifs is 1. The van der Waals surface area contributed by atoms with E-state index in [1.54, 1.807) is 26.0 Å². The number of phenols is 1. The number of carbonyl (C=O) groups is 1. The molecule has 1 aromatic heterocycles. The highest BCUT2D eigenvalue weighted by atomic mass is 16.5. The van der Waals surface area contributed by atoms with E-state index in [1.165, 1.54) is 6.07 Å². The minimum absolute atomic E-state index is 0.0475. The van der Waals surface area contributed by atoms with E-state index in [0.717, 1.165) is 0 Å². The molecule has 0 spiro atoms. The number of ether oxygens (including phenoxy) is 1. The standard InChI is InChI=1S/C12H12O4/c1-3-15-12(14)9-5-8-4-7(2)16-11(8)10(13)6-9/h4-6,13H,3H2,1-2H3. The van der Waals surface area contributed by atoms with Crippen molar-refractivity contribution in [1.29, 1.82) is 0 Å². The van der Waals surface area contributed by atoms with Crippen LogP contribution in [0, 0.1) is 6.92 Å². The average molecular weight is 220 g/mol. The first-order chi connectivity index (χ1) is 7.61. The van der Waals surface area contributed by atoms with Crippen LogP contribution >= 0.6 is 0 Å². The fourth-order valence-corrected chi connectivity index (χ4v) is 1.60. The molecule has 0 amide bonds. The van der Waals surface area contributed by atoms with Crippen molar-refractivity contribution in [2.45, 2.75) is 13.8 Å². The lowest BCUT2D eigenvalue weighted by Gasteiger charge is -2.02. The zero-order valence-electron chi connectivity index (χ0n) is 9.11. The molecule has 0 fully saturated rings. The van der Waals surface area contributed by atoms with Gasteiger partial charge in [0.15, 0.2) is 11.3 Å². The molecular weight excluding hydrogens is 208 g/mol. The molecule has 0 aliphatic rings. The van der Waals surface area contributed by atoms with Gasteiger partial charge in [-0.3, -0.25) is 0 Å². The predicted octanol–water partition coefficient (Wildman–Crippen LogP) is 2.62. The topological polar surface area (TPSA) is 59.7 Å². The summed E-state index contributed by atoms with van der Waals surface area (Å²) in [4.78, 5) is 11.5. The Kier molecular flexibility index (Phi) is 2.56. The molecule has 2 aromatic rings. The highest BCUT2D eigenvalue weighted by Crippen LogP contribution is 2.29. The molecule has 1 aromatic carbocycles. The largest absolute Gasteiger partial charge is 0.504 e. The summed E-state index contributed by atoms with van der Waals surface area (Å²) in [5.74, 6) is 0.193. The molecule has 0 bridgehead atoms. The Morgan fingerprint density at radius 1 is 1.44 bits per heavy atom. The Bertz CT molecular complexity index is 539. The van der Waals surface area contributed by atoms with Gasteiger partial charge in [-0.25, -0.2) is 4.79 Å². The summed E-state index contributed by atoms with van der Waals surface area (Å²) in [6, 6.07) is 4.75. The lowest BCUT2D eigenvalue weighted by atomic mass is 10.1. The summed E-state index contributed by atoms with van der Waals surface area (Å²) in [5, 5.41) is 10.4. The molecule has 1 heterocycles. The maximum atomic E-state index is 11.5. The molecule has 0 radical (unpaired) electrons. The molecule has 4 nitrogen and oxygen atoms in total. The van der Waals surface area contributed by atoms with Gasteiger partial charge in [0.2, 0.25) is 0 Å². The van der Waals surface area contributed by atoms with Gasteiger partial charge in [-0.05, 0) is 32.0 Å². The molecule has 84 valence electrons. The maximum Gasteiger partial charge on any atom is 0.338 e. The summed E-state index contributed by atoms with van der Waals surface area (Å²) in [6.07, 6.45) is 0. The van der Waals surface area contributed by atoms with Crippen LogP contribution in [0.3, 0.4) is 0 Å². The van der Waals surface area contributed by atoms with Gasteiger partial charge in [0, 0.05) is 5.39 Å². The van der Waals surface area contributed by atoms with Crippen molar-refractivity contribution in [3.63, 3.8) is 0 Å². The van der Waals surface area contributed by atoms with Gasteiger partial charge in [-0.1, -0.05) is 0 Å². The van der Waals surface area contributed by atoms with Crippen LogP contribution in [-0.4, -0.2) is 17.7 Å². The summed E-state index contributed by atoms with van der Waals surface area (Å²) >= 11 is 0. The number of aromatic hydroxyl groups is 1. The van der Waals surface area contributed by atoms with Crippen LogP contribution in [0.4, 0.5) is 0 Å². The number of carbonyl (C=O) groups excluding carboxylic acids is 1. The number of hydrogen-bond donors (Lipinski definition) is 1. The highest BCUT2D eigenvalue weighted by molar-refractivity contribution is 5.96. The van der Waals surface area contributed by atoms with E-state index in [0.29, 0.717) is 28.9 Å². The third-order valence-electron chi connectivity index (χ3n) is 2.23. The van der Waals surface area contributed by atoms with E-state index in [9.17, 15) is 9.90 Å². The van der Waals surface area contributed by atoms with E-state index in [2.05, 4.69) is 0 Å². The van der Waals surface area contributed by atoms with Gasteiger partial charge in [0.25, 0.3) is 0 Å². The SMILES string of the molecule is CCOC(=O)c1cc(O)c2oc(C)cc2c1. The quantitative estimate of drug-likeness (QED) is 0.790. The van der Waals surface area contributed by atoms with Crippen molar-refractivity contribution in [2.24, 2.45) is 0 Å². The second kappa shape index (κ2) is 3.89. The molecule has 2 rings (SSSR count). The first-order valence-corrected chi connectivity index (χ1v) is 5.02. The van der Waals surface area contributed by atoms with Crippen LogP contribution in [0.5, 0.6) is 5.75 Å². The zero-order valence-corrected chi connectivity index (χ0v) is 9.11. The number of rotatable bonds is 2. The number of hydrogen-bond acceptors (Lipinski definition) is 4. The average Bonchev–Trinajstić information content (AvgIpc) is 2.59. The predicted molar refractivity (Wildman–Crippen MR) is 58.6 cm³/mol. The Hall–Kier alpha value is -1.97. The normalized spacial score (nSPS) is 10.6. The Balaban J connectivity index is 2.53. The first kappa shape index (κ1) is 10.5. The monoisotopic (exact) mass is 220 g/mol. The van der Waals surface area contributed by atoms with E-state index >= 15 is 0 Å². The van der Waals surface area contributed by atoms with Gasteiger partial charge in [-0.2, -0.15) is 0 Å². The van der Waals surface area contributed by atoms with Crippen LogP contribution in [0.2, 0.25) is 0 Å². The summed E-state index contributed by atoms with van der Waals surface area (Å²) < 4.78 is 10.1. The van der Waals surface area contributed by atoms with Gasteiger partial charge in [0.1, 0.15) is 5.76 Å². The summed E-state index contributed by atoms with van der Waals surface area (Å²) in [7, 11) is 0. The number of aryl methyl sites for hydroxylation is 1. The Labute approximate surface area is 92.4 Å². The Morgan fingerprint density at radius 3 is 2.88 bits per heavy atom. The van der Waals surface area contributed by atoms with Gasteiger partial charge in [0.05, 0.1) is 12.2 Å². The van der Waals surface area contributed by atoms with Crippen molar-refractivity contribution in [1.82, 2.24) is 0 Å². The van der Waals surface area contributed by atoms with Crippen LogP contribution in [0.25, 0.3) is 11.0 Å². The van der Waals surface area contributed by atoms with Crippen LogP contribution < -0.4 is 0 Å². The van der Waals surface area contributed by atoms with Crippen molar-refractivity contribution in [3.05, 3.63) is 29.5 Å². The van der Waals surface area contributed by atoms with Crippen LogP contribution in [0.15, 0.2) is 22.6 Å². The van der Waals surface area contributed by atoms with Crippen molar-refractivity contribution < 1.29 is 19.1 Å². The molecular formula is C12H12O4. The van der Waals surface area contributed by atoms with E-state index in [-0.39, 0.29) is 5.75 Å². The number of benzene rings is 1. The van der Waals surface area contributed by atoms with E-state index in [1.807, 2.05) is 0 Å². The second-order valence-corrected chi connectivity index (χ2v) is 3.49. The van der Waals surface area contributed by atoms with E-state index < -0.39 is 5.97 Å². The third-order valence-corrected chi connectivity index (χ3v) is 2.23.